The van der Waals surface area contributed by atoms with Crippen molar-refractivity contribution in [3.8, 4) is 5.69 Å². The minimum atomic E-state index is -0.663. The number of anilines is 3. The molecule has 1 fully saturated rings. The van der Waals surface area contributed by atoms with Crippen LogP contribution in [0.25, 0.3) is 5.69 Å². The lowest BCUT2D eigenvalue weighted by molar-refractivity contribution is 0.122. The molecule has 0 radical (unpaired) electrons. The van der Waals surface area contributed by atoms with Crippen LogP contribution in [0.1, 0.15) is 5.56 Å². The van der Waals surface area contributed by atoms with Gasteiger partial charge in [0.1, 0.15) is 18.0 Å². The van der Waals surface area contributed by atoms with Gasteiger partial charge in [-0.2, -0.15) is 4.98 Å². The normalized spacial score (nSPS) is 14.4. The molecule has 0 unspecified atom stereocenters. The Morgan fingerprint density at radius 3 is 2.56 bits per heavy atom. The van der Waals surface area contributed by atoms with Crippen LogP contribution in [-0.2, 0) is 4.74 Å². The second kappa shape index (κ2) is 7.32. The van der Waals surface area contributed by atoms with Gasteiger partial charge >= 0.3 is 0 Å². The highest BCUT2D eigenvalue weighted by Crippen LogP contribution is 2.29. The van der Waals surface area contributed by atoms with Gasteiger partial charge in [-0.15, -0.1) is 5.10 Å². The molecule has 1 aliphatic rings. The van der Waals surface area contributed by atoms with Crippen molar-refractivity contribution < 1.29 is 13.5 Å². The van der Waals surface area contributed by atoms with Crippen LogP contribution in [-0.4, -0.2) is 41.1 Å². The summed E-state index contributed by atoms with van der Waals surface area (Å²) < 4.78 is 33.6. The van der Waals surface area contributed by atoms with Crippen LogP contribution < -0.4 is 10.2 Å². The summed E-state index contributed by atoms with van der Waals surface area (Å²) in [5, 5.41) is 7.45. The lowest BCUT2D eigenvalue weighted by Gasteiger charge is -2.30. The molecule has 0 spiro atoms. The topological polar surface area (TPSA) is 55.2 Å². The maximum absolute atomic E-state index is 13.4. The number of rotatable bonds is 4. The highest BCUT2D eigenvalue weighted by Gasteiger charge is 2.15. The number of ether oxygens (including phenoxy) is 1. The monoisotopic (exact) mass is 371 g/mol. The zero-order valence-electron chi connectivity index (χ0n) is 14.8. The summed E-state index contributed by atoms with van der Waals surface area (Å²) >= 11 is 0. The van der Waals surface area contributed by atoms with Gasteiger partial charge in [0.15, 0.2) is 0 Å². The molecule has 6 nitrogen and oxygen atoms in total. The molecule has 0 bridgehead atoms. The smallest absolute Gasteiger partial charge is 0.246 e. The first kappa shape index (κ1) is 17.4. The van der Waals surface area contributed by atoms with Crippen molar-refractivity contribution in [3.63, 3.8) is 0 Å². The van der Waals surface area contributed by atoms with E-state index in [1.165, 1.54) is 23.1 Å². The predicted octanol–water partition coefficient (Wildman–Crippen LogP) is 3.43. The van der Waals surface area contributed by atoms with Crippen LogP contribution in [0.2, 0.25) is 0 Å². The van der Waals surface area contributed by atoms with Crippen LogP contribution in [0.5, 0.6) is 0 Å². The molecule has 4 rings (SSSR count). The van der Waals surface area contributed by atoms with Gasteiger partial charge in [0.2, 0.25) is 5.95 Å². The van der Waals surface area contributed by atoms with E-state index in [0.29, 0.717) is 19.2 Å². The molecule has 0 aliphatic carbocycles. The van der Waals surface area contributed by atoms with E-state index in [1.54, 1.807) is 0 Å². The number of hydrogen-bond donors (Lipinski definition) is 1. The van der Waals surface area contributed by atoms with Gasteiger partial charge in [0.25, 0.3) is 0 Å². The van der Waals surface area contributed by atoms with Gasteiger partial charge < -0.3 is 15.0 Å². The lowest BCUT2D eigenvalue weighted by atomic mass is 10.1. The molecular formula is C19H19F2N5O. The van der Waals surface area contributed by atoms with Gasteiger partial charge in [-0.1, -0.05) is 6.07 Å². The van der Waals surface area contributed by atoms with Crippen LogP contribution >= 0.6 is 0 Å². The number of nitrogens with zero attached hydrogens (tertiary/aromatic N) is 4. The number of benzene rings is 2. The number of nitrogens with one attached hydrogen (secondary N) is 1. The Morgan fingerprint density at radius 1 is 1.07 bits per heavy atom. The van der Waals surface area contributed by atoms with Crippen LogP contribution in [0.15, 0.2) is 42.7 Å². The summed E-state index contributed by atoms with van der Waals surface area (Å²) in [4.78, 5) is 6.48. The first-order valence-electron chi connectivity index (χ1n) is 8.67. The zero-order valence-corrected chi connectivity index (χ0v) is 14.8. The molecule has 1 N–H and O–H groups in total. The van der Waals surface area contributed by atoms with Crippen molar-refractivity contribution >= 4 is 17.3 Å². The van der Waals surface area contributed by atoms with Crippen LogP contribution in [0.3, 0.4) is 0 Å². The average Bonchev–Trinajstić information content (AvgIpc) is 3.12. The lowest BCUT2D eigenvalue weighted by Crippen LogP contribution is -2.36. The summed E-state index contributed by atoms with van der Waals surface area (Å²) in [5.41, 5.74) is 3.36. The number of aromatic nitrogens is 3. The van der Waals surface area contributed by atoms with Gasteiger partial charge in [-0.3, -0.25) is 0 Å². The first-order valence-corrected chi connectivity index (χ1v) is 8.67. The van der Waals surface area contributed by atoms with Gasteiger partial charge in [0.05, 0.1) is 18.9 Å². The SMILES string of the molecule is Cc1c(Nc2ncn(-c3cc(F)cc(F)c3)n2)cccc1N1CCOCC1. The van der Waals surface area contributed by atoms with Gasteiger partial charge in [-0.25, -0.2) is 13.5 Å². The van der Waals surface area contributed by atoms with E-state index >= 15 is 0 Å². The van der Waals surface area contributed by atoms with Crippen molar-refractivity contribution in [3.05, 3.63) is 59.9 Å². The number of hydrogen-bond acceptors (Lipinski definition) is 5. The Hall–Kier alpha value is -3.00. The Kier molecular flexibility index (Phi) is 4.72. The Balaban J connectivity index is 1.57. The summed E-state index contributed by atoms with van der Waals surface area (Å²) in [6.07, 6.45) is 1.41. The zero-order chi connectivity index (χ0) is 18.8. The van der Waals surface area contributed by atoms with E-state index in [9.17, 15) is 8.78 Å². The number of morpholine rings is 1. The summed E-state index contributed by atoms with van der Waals surface area (Å²) in [6, 6.07) is 9.21. The molecule has 2 heterocycles. The Morgan fingerprint density at radius 2 is 1.81 bits per heavy atom. The van der Waals surface area contributed by atoms with Crippen molar-refractivity contribution in [2.24, 2.45) is 0 Å². The molecule has 0 amide bonds. The largest absolute Gasteiger partial charge is 0.378 e. The molecule has 1 aliphatic heterocycles. The maximum Gasteiger partial charge on any atom is 0.246 e. The minimum absolute atomic E-state index is 0.270. The van der Waals surface area contributed by atoms with E-state index in [-0.39, 0.29) is 5.69 Å². The highest BCUT2D eigenvalue weighted by molar-refractivity contribution is 5.69. The Bertz CT molecular complexity index is 933. The average molecular weight is 371 g/mol. The van der Waals surface area contributed by atoms with Crippen molar-refractivity contribution in [1.82, 2.24) is 14.8 Å². The van der Waals surface area contributed by atoms with Crippen molar-refractivity contribution in [2.45, 2.75) is 6.92 Å². The second-order valence-electron chi connectivity index (χ2n) is 6.31. The molecule has 0 saturated carbocycles. The summed E-state index contributed by atoms with van der Waals surface area (Å²) in [5.74, 6) is -0.977. The molecule has 1 saturated heterocycles. The molecule has 2 aromatic carbocycles. The third-order valence-corrected chi connectivity index (χ3v) is 4.51. The van der Waals surface area contributed by atoms with E-state index in [0.717, 1.165) is 36.1 Å². The highest BCUT2D eigenvalue weighted by atomic mass is 19.1. The molecule has 0 atom stereocenters. The fourth-order valence-corrected chi connectivity index (χ4v) is 3.14. The first-order chi connectivity index (χ1) is 13.1. The minimum Gasteiger partial charge on any atom is -0.378 e. The summed E-state index contributed by atoms with van der Waals surface area (Å²) in [6.45, 7) is 5.16. The third kappa shape index (κ3) is 3.75. The van der Waals surface area contributed by atoms with Gasteiger partial charge in [-0.05, 0) is 36.8 Å². The van der Waals surface area contributed by atoms with Crippen molar-refractivity contribution in [1.29, 1.82) is 0 Å². The summed E-state index contributed by atoms with van der Waals surface area (Å²) in [7, 11) is 0. The number of halogens is 2. The van der Waals surface area contributed by atoms with E-state index in [2.05, 4.69) is 26.4 Å². The predicted molar refractivity (Wildman–Crippen MR) is 98.8 cm³/mol. The second-order valence-corrected chi connectivity index (χ2v) is 6.31. The molecule has 27 heavy (non-hydrogen) atoms. The maximum atomic E-state index is 13.4. The van der Waals surface area contributed by atoms with Crippen molar-refractivity contribution in [2.75, 3.05) is 36.5 Å². The fourth-order valence-electron chi connectivity index (χ4n) is 3.14. The molecule has 8 heteroatoms. The standard InChI is InChI=1S/C19H19F2N5O/c1-13-17(3-2-4-18(13)25-5-7-27-8-6-25)23-19-22-12-26(24-19)16-10-14(20)9-15(21)11-16/h2-4,9-12H,5-8H2,1H3,(H,23,24). The fraction of sp³-hybridized carbons (Fsp3) is 0.263. The molecular weight excluding hydrogens is 352 g/mol. The van der Waals surface area contributed by atoms with Crippen LogP contribution in [0.4, 0.5) is 26.1 Å². The van der Waals surface area contributed by atoms with Gasteiger partial charge in [0, 0.05) is 30.5 Å². The Labute approximate surface area is 155 Å². The quantitative estimate of drug-likeness (QED) is 0.762. The third-order valence-electron chi connectivity index (χ3n) is 4.51. The molecule has 140 valence electrons. The molecule has 3 aromatic rings. The van der Waals surface area contributed by atoms with Crippen LogP contribution in [0, 0.1) is 18.6 Å². The van der Waals surface area contributed by atoms with E-state index in [4.69, 9.17) is 4.74 Å². The van der Waals surface area contributed by atoms with E-state index in [1.807, 2.05) is 19.1 Å². The van der Waals surface area contributed by atoms with E-state index < -0.39 is 11.6 Å². The molecule has 1 aromatic heterocycles.